The quantitative estimate of drug-likeness (QED) is 0.830. The average Bonchev–Trinajstić information content (AvgIpc) is 2.78. The monoisotopic (exact) mass is 268 g/mol. The van der Waals surface area contributed by atoms with E-state index in [1.165, 1.54) is 6.33 Å². The van der Waals surface area contributed by atoms with E-state index in [0.717, 1.165) is 36.8 Å². The molecule has 0 saturated carbocycles. The van der Waals surface area contributed by atoms with Gasteiger partial charge in [-0.2, -0.15) is 16.9 Å². The van der Waals surface area contributed by atoms with Gasteiger partial charge >= 0.3 is 0 Å². The minimum Gasteiger partial charge on any atom is -0.312 e. The Morgan fingerprint density at radius 3 is 3.28 bits per heavy atom. The predicted molar refractivity (Wildman–Crippen MR) is 72.8 cm³/mol. The van der Waals surface area contributed by atoms with E-state index in [1.807, 2.05) is 16.4 Å². The summed E-state index contributed by atoms with van der Waals surface area (Å²) in [4.78, 5) is 16.2. The summed E-state index contributed by atoms with van der Waals surface area (Å²) in [6, 6.07) is 0.332. The normalized spacial score (nSPS) is 19.9. The number of carbonyl (C=O) groups is 1. The third-order valence-corrected chi connectivity index (χ3v) is 4.09. The standard InChI is InChI=1S/C12H20N4OS/c1-2-4-16-12(14-9-15-16)7-11(17)6-10-8-18-5-3-13-10/h9-10,13H,2-8H2,1H3. The van der Waals surface area contributed by atoms with Crippen LogP contribution in [0.2, 0.25) is 0 Å². The fourth-order valence-electron chi connectivity index (χ4n) is 2.10. The second kappa shape index (κ2) is 6.89. The van der Waals surface area contributed by atoms with Crippen LogP contribution in [0.15, 0.2) is 6.33 Å². The molecule has 0 bridgehead atoms. The van der Waals surface area contributed by atoms with Gasteiger partial charge in [0.2, 0.25) is 0 Å². The molecule has 1 N–H and O–H groups in total. The summed E-state index contributed by atoms with van der Waals surface area (Å²) in [6.45, 7) is 3.94. The molecule has 1 aromatic heterocycles. The summed E-state index contributed by atoms with van der Waals surface area (Å²) in [5.41, 5.74) is 0. The van der Waals surface area contributed by atoms with Gasteiger partial charge in [0.25, 0.3) is 0 Å². The summed E-state index contributed by atoms with van der Waals surface area (Å²) in [6.07, 6.45) is 3.55. The molecule has 1 atom stereocenters. The van der Waals surface area contributed by atoms with Crippen molar-refractivity contribution in [3.05, 3.63) is 12.2 Å². The lowest BCUT2D eigenvalue weighted by molar-refractivity contribution is -0.119. The van der Waals surface area contributed by atoms with E-state index >= 15 is 0 Å². The summed E-state index contributed by atoms with van der Waals surface area (Å²) in [5, 5.41) is 7.52. The molecule has 0 amide bonds. The molecule has 2 heterocycles. The first kappa shape index (κ1) is 13.5. The van der Waals surface area contributed by atoms with Crippen LogP contribution in [0.3, 0.4) is 0 Å². The van der Waals surface area contributed by atoms with Crippen LogP contribution in [-0.4, -0.2) is 44.6 Å². The van der Waals surface area contributed by atoms with Crippen molar-refractivity contribution in [2.45, 2.75) is 38.8 Å². The Labute approximate surface area is 112 Å². The molecule has 1 aliphatic rings. The number of hydrogen-bond acceptors (Lipinski definition) is 5. The number of nitrogens with zero attached hydrogens (tertiary/aromatic N) is 3. The Hall–Kier alpha value is -0.880. The van der Waals surface area contributed by atoms with Crippen molar-refractivity contribution in [2.75, 3.05) is 18.1 Å². The maximum absolute atomic E-state index is 12.0. The number of Topliss-reactive ketones (excluding diaryl/α,β-unsaturated/α-hetero) is 1. The summed E-state index contributed by atoms with van der Waals surface area (Å²) < 4.78 is 1.83. The maximum atomic E-state index is 12.0. The van der Waals surface area contributed by atoms with Crippen LogP contribution < -0.4 is 5.32 Å². The van der Waals surface area contributed by atoms with Crippen molar-refractivity contribution < 1.29 is 4.79 Å². The van der Waals surface area contributed by atoms with E-state index in [1.54, 1.807) is 0 Å². The van der Waals surface area contributed by atoms with Crippen LogP contribution in [0.25, 0.3) is 0 Å². The number of ketones is 1. The Kier molecular flexibility index (Phi) is 5.19. The first-order valence-electron chi connectivity index (χ1n) is 6.49. The van der Waals surface area contributed by atoms with Gasteiger partial charge in [0.05, 0.1) is 6.42 Å². The number of hydrogen-bond donors (Lipinski definition) is 1. The van der Waals surface area contributed by atoms with Gasteiger partial charge in [0, 0.05) is 37.1 Å². The molecule has 1 aliphatic heterocycles. The Balaban J connectivity index is 1.84. The van der Waals surface area contributed by atoms with Crippen molar-refractivity contribution in [3.8, 4) is 0 Å². The fourth-order valence-corrected chi connectivity index (χ4v) is 3.05. The SMILES string of the molecule is CCCn1ncnc1CC(=O)CC1CSCCN1. The highest BCUT2D eigenvalue weighted by Gasteiger charge is 2.18. The van der Waals surface area contributed by atoms with Gasteiger partial charge in [0.1, 0.15) is 17.9 Å². The highest BCUT2D eigenvalue weighted by Crippen LogP contribution is 2.11. The molecule has 2 rings (SSSR count). The molecule has 1 saturated heterocycles. The van der Waals surface area contributed by atoms with Crippen molar-refractivity contribution in [2.24, 2.45) is 0 Å². The van der Waals surface area contributed by atoms with E-state index in [2.05, 4.69) is 22.3 Å². The Bertz CT molecular complexity index is 387. The van der Waals surface area contributed by atoms with E-state index in [4.69, 9.17) is 0 Å². The van der Waals surface area contributed by atoms with E-state index in [-0.39, 0.29) is 5.78 Å². The molecule has 0 radical (unpaired) electrons. The predicted octanol–water partition coefficient (Wildman–Crippen LogP) is 0.895. The van der Waals surface area contributed by atoms with Crippen molar-refractivity contribution >= 4 is 17.5 Å². The summed E-state index contributed by atoms with van der Waals surface area (Å²) >= 11 is 1.92. The number of rotatable bonds is 6. The fraction of sp³-hybridized carbons (Fsp3) is 0.750. The molecular weight excluding hydrogens is 248 g/mol. The molecule has 0 aromatic carbocycles. The van der Waals surface area contributed by atoms with Crippen LogP contribution in [0.1, 0.15) is 25.6 Å². The van der Waals surface area contributed by atoms with Crippen LogP contribution >= 0.6 is 11.8 Å². The first-order valence-corrected chi connectivity index (χ1v) is 7.64. The lowest BCUT2D eigenvalue weighted by Crippen LogP contribution is -2.39. The smallest absolute Gasteiger partial charge is 0.142 e. The van der Waals surface area contributed by atoms with Crippen LogP contribution in [0.5, 0.6) is 0 Å². The van der Waals surface area contributed by atoms with E-state index in [9.17, 15) is 4.79 Å². The second-order valence-electron chi connectivity index (χ2n) is 4.54. The van der Waals surface area contributed by atoms with Gasteiger partial charge in [-0.15, -0.1) is 0 Å². The lowest BCUT2D eigenvalue weighted by atomic mass is 10.1. The first-order chi connectivity index (χ1) is 8.79. The highest BCUT2D eigenvalue weighted by atomic mass is 32.2. The molecule has 6 heteroatoms. The van der Waals surface area contributed by atoms with Crippen LogP contribution in [0, 0.1) is 0 Å². The average molecular weight is 268 g/mol. The van der Waals surface area contributed by atoms with Gasteiger partial charge in [0.15, 0.2) is 0 Å². The number of aromatic nitrogens is 3. The zero-order chi connectivity index (χ0) is 12.8. The maximum Gasteiger partial charge on any atom is 0.142 e. The van der Waals surface area contributed by atoms with Crippen LogP contribution in [-0.2, 0) is 17.8 Å². The molecule has 18 heavy (non-hydrogen) atoms. The van der Waals surface area contributed by atoms with Gasteiger partial charge in [-0.3, -0.25) is 4.79 Å². The van der Waals surface area contributed by atoms with E-state index in [0.29, 0.717) is 18.9 Å². The van der Waals surface area contributed by atoms with Crippen molar-refractivity contribution in [1.29, 1.82) is 0 Å². The number of thioether (sulfide) groups is 1. The molecule has 1 aromatic rings. The molecular formula is C12H20N4OS. The Morgan fingerprint density at radius 1 is 1.67 bits per heavy atom. The Morgan fingerprint density at radius 2 is 2.56 bits per heavy atom. The summed E-state index contributed by atoms with van der Waals surface area (Å²) in [5.74, 6) is 3.23. The van der Waals surface area contributed by atoms with Gasteiger partial charge in [-0.1, -0.05) is 6.92 Å². The molecule has 0 aliphatic carbocycles. The molecule has 1 fully saturated rings. The summed E-state index contributed by atoms with van der Waals surface area (Å²) in [7, 11) is 0. The van der Waals surface area contributed by atoms with Crippen molar-refractivity contribution in [1.82, 2.24) is 20.1 Å². The number of carbonyl (C=O) groups excluding carboxylic acids is 1. The van der Waals surface area contributed by atoms with Crippen LogP contribution in [0.4, 0.5) is 0 Å². The van der Waals surface area contributed by atoms with Gasteiger partial charge in [-0.05, 0) is 6.42 Å². The molecule has 0 spiro atoms. The third-order valence-electron chi connectivity index (χ3n) is 2.96. The number of aryl methyl sites for hydroxylation is 1. The van der Waals surface area contributed by atoms with E-state index < -0.39 is 0 Å². The lowest BCUT2D eigenvalue weighted by Gasteiger charge is -2.22. The van der Waals surface area contributed by atoms with Gasteiger partial charge < -0.3 is 5.32 Å². The largest absolute Gasteiger partial charge is 0.312 e. The number of nitrogens with one attached hydrogen (secondary N) is 1. The zero-order valence-corrected chi connectivity index (χ0v) is 11.6. The molecule has 5 nitrogen and oxygen atoms in total. The topological polar surface area (TPSA) is 59.8 Å². The minimum atomic E-state index is 0.250. The van der Waals surface area contributed by atoms with Crippen molar-refractivity contribution in [3.63, 3.8) is 0 Å². The highest BCUT2D eigenvalue weighted by molar-refractivity contribution is 7.99. The molecule has 100 valence electrons. The minimum absolute atomic E-state index is 0.250. The van der Waals surface area contributed by atoms with Gasteiger partial charge in [-0.25, -0.2) is 9.67 Å². The molecule has 1 unspecified atom stereocenters. The second-order valence-corrected chi connectivity index (χ2v) is 5.69. The zero-order valence-electron chi connectivity index (χ0n) is 10.8. The third kappa shape index (κ3) is 3.81.